The number of hydrogen-bond acceptors (Lipinski definition) is 7. The van der Waals surface area contributed by atoms with Crippen LogP contribution >= 0.6 is 0 Å². The van der Waals surface area contributed by atoms with E-state index in [0.29, 0.717) is 29.4 Å². The number of methoxy groups -OCH3 is 3. The number of amides is 1. The van der Waals surface area contributed by atoms with Crippen LogP contribution in [0.4, 0.5) is 5.69 Å². The van der Waals surface area contributed by atoms with E-state index < -0.39 is 9.84 Å². The molecule has 2 heterocycles. The minimum absolute atomic E-state index is 0.0893. The standard InChI is InChI=1S/C20H27N3O6S/c1-12-16(13(2)23(22-12)15-6-7-30(25,26)11-15)10-19(24)21-14-8-17(27-3)20(29-5)18(9-14)28-4/h8-9,15H,6-7,10-11H2,1-5H3,(H,21,24). The van der Waals surface area contributed by atoms with Gasteiger partial charge in [0.25, 0.3) is 0 Å². The Morgan fingerprint density at radius 3 is 2.30 bits per heavy atom. The van der Waals surface area contributed by atoms with Crippen LogP contribution in [0.3, 0.4) is 0 Å². The molecule has 1 atom stereocenters. The lowest BCUT2D eigenvalue weighted by Gasteiger charge is -2.15. The summed E-state index contributed by atoms with van der Waals surface area (Å²) in [6, 6.07) is 3.14. The fourth-order valence-corrected chi connectivity index (χ4v) is 5.49. The number of rotatable bonds is 7. The van der Waals surface area contributed by atoms with E-state index in [9.17, 15) is 13.2 Å². The minimum Gasteiger partial charge on any atom is -0.493 e. The van der Waals surface area contributed by atoms with Crippen LogP contribution in [-0.2, 0) is 21.1 Å². The molecule has 1 aliphatic rings. The first-order valence-electron chi connectivity index (χ1n) is 9.54. The molecule has 1 aliphatic heterocycles. The molecule has 164 valence electrons. The van der Waals surface area contributed by atoms with Crippen LogP contribution in [-0.4, -0.2) is 56.9 Å². The van der Waals surface area contributed by atoms with E-state index in [1.807, 2.05) is 13.8 Å². The van der Waals surface area contributed by atoms with Crippen LogP contribution < -0.4 is 19.5 Å². The molecular formula is C20H27N3O6S. The van der Waals surface area contributed by atoms with E-state index in [-0.39, 0.29) is 29.9 Å². The molecule has 3 rings (SSSR count). The second-order valence-electron chi connectivity index (χ2n) is 7.29. The largest absolute Gasteiger partial charge is 0.493 e. The van der Waals surface area contributed by atoms with Gasteiger partial charge in [0.1, 0.15) is 0 Å². The van der Waals surface area contributed by atoms with Gasteiger partial charge in [0, 0.05) is 29.1 Å². The molecular weight excluding hydrogens is 410 g/mol. The molecule has 0 bridgehead atoms. The first-order chi connectivity index (χ1) is 14.2. The summed E-state index contributed by atoms with van der Waals surface area (Å²) in [5, 5.41) is 7.36. The van der Waals surface area contributed by atoms with Gasteiger partial charge in [-0.2, -0.15) is 5.10 Å². The summed E-state index contributed by atoms with van der Waals surface area (Å²) in [7, 11) is 1.50. The Balaban J connectivity index is 1.79. The summed E-state index contributed by atoms with van der Waals surface area (Å²) in [4.78, 5) is 12.7. The zero-order valence-corrected chi connectivity index (χ0v) is 18.6. The number of sulfone groups is 1. The van der Waals surface area contributed by atoms with E-state index >= 15 is 0 Å². The van der Waals surface area contributed by atoms with Crippen LogP contribution in [0.15, 0.2) is 12.1 Å². The van der Waals surface area contributed by atoms with Crippen molar-refractivity contribution >= 4 is 21.4 Å². The fraction of sp³-hybridized carbons (Fsp3) is 0.500. The summed E-state index contributed by atoms with van der Waals surface area (Å²) in [5.41, 5.74) is 2.84. The van der Waals surface area contributed by atoms with Crippen molar-refractivity contribution in [1.29, 1.82) is 0 Å². The van der Waals surface area contributed by atoms with Crippen molar-refractivity contribution in [3.05, 3.63) is 29.1 Å². The van der Waals surface area contributed by atoms with Crippen molar-refractivity contribution in [2.45, 2.75) is 32.7 Å². The van der Waals surface area contributed by atoms with Gasteiger partial charge in [-0.3, -0.25) is 9.48 Å². The molecule has 0 aliphatic carbocycles. The van der Waals surface area contributed by atoms with Gasteiger partial charge in [0.15, 0.2) is 21.3 Å². The summed E-state index contributed by atoms with van der Waals surface area (Å²) < 4.78 is 41.3. The van der Waals surface area contributed by atoms with Crippen molar-refractivity contribution in [3.63, 3.8) is 0 Å². The maximum absolute atomic E-state index is 12.7. The fourth-order valence-electron chi connectivity index (χ4n) is 3.80. The van der Waals surface area contributed by atoms with E-state index in [1.54, 1.807) is 16.8 Å². The zero-order valence-electron chi connectivity index (χ0n) is 17.8. The summed E-state index contributed by atoms with van der Waals surface area (Å²) in [6.45, 7) is 3.70. The van der Waals surface area contributed by atoms with Crippen molar-refractivity contribution in [2.75, 3.05) is 38.2 Å². The number of aryl methyl sites for hydroxylation is 1. The lowest BCUT2D eigenvalue weighted by Crippen LogP contribution is -2.17. The maximum Gasteiger partial charge on any atom is 0.228 e. The molecule has 9 nitrogen and oxygen atoms in total. The van der Waals surface area contributed by atoms with Crippen molar-refractivity contribution in [1.82, 2.24) is 9.78 Å². The smallest absolute Gasteiger partial charge is 0.228 e. The van der Waals surface area contributed by atoms with E-state index in [2.05, 4.69) is 10.4 Å². The Kier molecular flexibility index (Phi) is 6.25. The van der Waals surface area contributed by atoms with Crippen molar-refractivity contribution < 1.29 is 27.4 Å². The monoisotopic (exact) mass is 437 g/mol. The number of nitrogens with zero attached hydrogens (tertiary/aromatic N) is 2. The van der Waals surface area contributed by atoms with E-state index in [1.165, 1.54) is 21.3 Å². The average molecular weight is 438 g/mol. The van der Waals surface area contributed by atoms with Crippen LogP contribution in [0.5, 0.6) is 17.2 Å². The Bertz CT molecular complexity index is 1040. The van der Waals surface area contributed by atoms with Gasteiger partial charge in [0.05, 0.1) is 51.0 Å². The van der Waals surface area contributed by atoms with Gasteiger partial charge in [-0.25, -0.2) is 8.42 Å². The Morgan fingerprint density at radius 2 is 1.80 bits per heavy atom. The molecule has 1 unspecified atom stereocenters. The van der Waals surface area contributed by atoms with Crippen LogP contribution in [0.1, 0.15) is 29.4 Å². The minimum atomic E-state index is -3.02. The predicted molar refractivity (Wildman–Crippen MR) is 112 cm³/mol. The number of aromatic nitrogens is 2. The van der Waals surface area contributed by atoms with Gasteiger partial charge in [-0.15, -0.1) is 0 Å². The molecule has 1 N–H and O–H groups in total. The lowest BCUT2D eigenvalue weighted by atomic mass is 10.1. The van der Waals surface area contributed by atoms with Gasteiger partial charge in [-0.1, -0.05) is 0 Å². The van der Waals surface area contributed by atoms with Crippen molar-refractivity contribution in [3.8, 4) is 17.2 Å². The number of hydrogen-bond donors (Lipinski definition) is 1. The third-order valence-electron chi connectivity index (χ3n) is 5.31. The second kappa shape index (κ2) is 8.55. The van der Waals surface area contributed by atoms with Crippen LogP contribution in [0.25, 0.3) is 0 Å². The van der Waals surface area contributed by atoms with Crippen LogP contribution in [0.2, 0.25) is 0 Å². The predicted octanol–water partition coefficient (Wildman–Crippen LogP) is 2.07. The molecule has 0 spiro atoms. The quantitative estimate of drug-likeness (QED) is 0.706. The molecule has 1 aromatic heterocycles. The number of anilines is 1. The summed E-state index contributed by atoms with van der Waals surface area (Å²) in [5.74, 6) is 1.36. The highest BCUT2D eigenvalue weighted by molar-refractivity contribution is 7.91. The lowest BCUT2D eigenvalue weighted by molar-refractivity contribution is -0.115. The number of carbonyl (C=O) groups excluding carboxylic acids is 1. The Morgan fingerprint density at radius 1 is 1.17 bits per heavy atom. The highest BCUT2D eigenvalue weighted by Crippen LogP contribution is 2.40. The topological polar surface area (TPSA) is 109 Å². The molecule has 10 heteroatoms. The third kappa shape index (κ3) is 4.38. The summed E-state index contributed by atoms with van der Waals surface area (Å²) in [6.07, 6.45) is 0.662. The van der Waals surface area contributed by atoms with Gasteiger partial charge in [-0.05, 0) is 20.3 Å². The highest BCUT2D eigenvalue weighted by atomic mass is 32.2. The molecule has 0 saturated carbocycles. The van der Waals surface area contributed by atoms with Gasteiger partial charge >= 0.3 is 0 Å². The molecule has 1 amide bonds. The SMILES string of the molecule is COc1cc(NC(=O)Cc2c(C)nn(C3CCS(=O)(=O)C3)c2C)cc(OC)c1OC. The first kappa shape index (κ1) is 21.9. The highest BCUT2D eigenvalue weighted by Gasteiger charge is 2.31. The van der Waals surface area contributed by atoms with Gasteiger partial charge < -0.3 is 19.5 Å². The second-order valence-corrected chi connectivity index (χ2v) is 9.52. The van der Waals surface area contributed by atoms with E-state index in [4.69, 9.17) is 14.2 Å². The van der Waals surface area contributed by atoms with Crippen molar-refractivity contribution in [2.24, 2.45) is 0 Å². The Labute approximate surface area is 176 Å². The Hall–Kier alpha value is -2.75. The molecule has 30 heavy (non-hydrogen) atoms. The average Bonchev–Trinajstić information content (AvgIpc) is 3.20. The third-order valence-corrected chi connectivity index (χ3v) is 7.07. The first-order valence-corrected chi connectivity index (χ1v) is 11.4. The molecule has 2 aromatic rings. The molecule has 1 aromatic carbocycles. The zero-order chi connectivity index (χ0) is 22.1. The molecule has 1 fully saturated rings. The van der Waals surface area contributed by atoms with Gasteiger partial charge in [0.2, 0.25) is 11.7 Å². The maximum atomic E-state index is 12.7. The van der Waals surface area contributed by atoms with E-state index in [0.717, 1.165) is 17.0 Å². The number of ether oxygens (including phenoxy) is 3. The normalized spacial score (nSPS) is 17.6. The molecule has 0 radical (unpaired) electrons. The summed E-state index contributed by atoms with van der Waals surface area (Å²) >= 11 is 0. The number of carbonyl (C=O) groups is 1. The van der Waals surface area contributed by atoms with Crippen LogP contribution in [0, 0.1) is 13.8 Å². The number of nitrogens with one attached hydrogen (secondary N) is 1. The number of benzene rings is 1. The molecule has 1 saturated heterocycles.